The predicted octanol–water partition coefficient (Wildman–Crippen LogP) is 3.96. The molecule has 1 aliphatic rings. The summed E-state index contributed by atoms with van der Waals surface area (Å²) in [6.07, 6.45) is 0. The fraction of sp³-hybridized carbons (Fsp3) is 0.357. The van der Waals surface area contributed by atoms with Crippen molar-refractivity contribution in [3.63, 3.8) is 0 Å². The quantitative estimate of drug-likeness (QED) is 0.756. The van der Waals surface area contributed by atoms with Crippen LogP contribution >= 0.6 is 47.3 Å². The summed E-state index contributed by atoms with van der Waals surface area (Å²) in [6, 6.07) is 7.37. The van der Waals surface area contributed by atoms with Gasteiger partial charge < -0.3 is 9.42 Å². The minimum absolute atomic E-state index is 0.576. The fourth-order valence-corrected chi connectivity index (χ4v) is 4.11. The number of hydrogen-bond acceptors (Lipinski definition) is 6. The lowest BCUT2D eigenvalue weighted by molar-refractivity contribution is 0.391. The summed E-state index contributed by atoms with van der Waals surface area (Å²) in [5, 5.41) is 4.69. The van der Waals surface area contributed by atoms with Gasteiger partial charge in [0.15, 0.2) is 0 Å². The van der Waals surface area contributed by atoms with Gasteiger partial charge in [0.2, 0.25) is 11.7 Å². The zero-order valence-electron chi connectivity index (χ0n) is 11.7. The first-order valence-electron chi connectivity index (χ1n) is 6.80. The molecule has 0 aliphatic carbocycles. The van der Waals surface area contributed by atoms with E-state index in [9.17, 15) is 0 Å². The third-order valence-corrected chi connectivity index (χ3v) is 5.86. The predicted molar refractivity (Wildman–Crippen MR) is 97.5 cm³/mol. The van der Waals surface area contributed by atoms with E-state index in [-0.39, 0.29) is 0 Å². The van der Waals surface area contributed by atoms with Gasteiger partial charge in [-0.3, -0.25) is 0 Å². The maximum atomic E-state index is 5.87. The standard InChI is InChI=1S/C14H14ClN3OS3/c15-11-3-1-10(2-4-11)13-16-12(19-17-13)9-22-14(20)18-5-7-21-8-6-18/h1-4H,5-9H2. The van der Waals surface area contributed by atoms with Gasteiger partial charge in [0.05, 0.1) is 5.75 Å². The van der Waals surface area contributed by atoms with Crippen molar-refractivity contribution in [1.29, 1.82) is 0 Å². The number of halogens is 1. The van der Waals surface area contributed by atoms with Gasteiger partial charge in [0.1, 0.15) is 4.32 Å². The first kappa shape index (κ1) is 16.1. The topological polar surface area (TPSA) is 42.2 Å². The summed E-state index contributed by atoms with van der Waals surface area (Å²) in [4.78, 5) is 6.65. The van der Waals surface area contributed by atoms with Gasteiger partial charge in [-0.05, 0) is 24.3 Å². The molecule has 1 fully saturated rings. The minimum atomic E-state index is 0.576. The van der Waals surface area contributed by atoms with Gasteiger partial charge in [0.25, 0.3) is 0 Å². The molecule has 2 aromatic rings. The molecule has 1 saturated heterocycles. The summed E-state index contributed by atoms with van der Waals surface area (Å²) >= 11 is 14.9. The van der Waals surface area contributed by atoms with Crippen molar-refractivity contribution < 1.29 is 4.52 Å². The Labute approximate surface area is 148 Å². The molecule has 0 unspecified atom stereocenters. The van der Waals surface area contributed by atoms with Gasteiger partial charge in [-0.1, -0.05) is 40.7 Å². The van der Waals surface area contributed by atoms with Crippen LogP contribution in [0.3, 0.4) is 0 Å². The van der Waals surface area contributed by atoms with Crippen LogP contribution in [0.5, 0.6) is 0 Å². The summed E-state index contributed by atoms with van der Waals surface area (Å²) in [5.41, 5.74) is 0.889. The Balaban J connectivity index is 1.57. The highest BCUT2D eigenvalue weighted by atomic mass is 35.5. The smallest absolute Gasteiger partial charge is 0.237 e. The van der Waals surface area contributed by atoms with Crippen LogP contribution in [0.15, 0.2) is 28.8 Å². The number of rotatable bonds is 3. The van der Waals surface area contributed by atoms with Gasteiger partial charge in [0, 0.05) is 35.2 Å². The molecule has 116 valence electrons. The molecule has 0 saturated carbocycles. The molecule has 2 heterocycles. The van der Waals surface area contributed by atoms with E-state index in [1.165, 1.54) is 0 Å². The highest BCUT2D eigenvalue weighted by Gasteiger charge is 2.16. The summed E-state index contributed by atoms with van der Waals surface area (Å²) in [7, 11) is 0. The van der Waals surface area contributed by atoms with E-state index in [4.69, 9.17) is 28.3 Å². The van der Waals surface area contributed by atoms with Crippen LogP contribution in [-0.4, -0.2) is 44.0 Å². The van der Waals surface area contributed by atoms with Crippen molar-refractivity contribution >= 4 is 51.7 Å². The largest absolute Gasteiger partial charge is 0.356 e. The van der Waals surface area contributed by atoms with Gasteiger partial charge in [-0.2, -0.15) is 16.7 Å². The second-order valence-electron chi connectivity index (χ2n) is 4.67. The van der Waals surface area contributed by atoms with Crippen LogP contribution in [0.25, 0.3) is 11.4 Å². The highest BCUT2D eigenvalue weighted by molar-refractivity contribution is 8.22. The van der Waals surface area contributed by atoms with Crippen LogP contribution in [0.1, 0.15) is 5.89 Å². The van der Waals surface area contributed by atoms with E-state index in [0.717, 1.165) is 34.5 Å². The van der Waals surface area contributed by atoms with Gasteiger partial charge in [-0.25, -0.2) is 0 Å². The van der Waals surface area contributed by atoms with Crippen LogP contribution in [0, 0.1) is 0 Å². The van der Waals surface area contributed by atoms with Crippen LogP contribution in [-0.2, 0) is 5.75 Å². The third-order valence-electron chi connectivity index (χ3n) is 3.16. The van der Waals surface area contributed by atoms with Crippen LogP contribution in [0.2, 0.25) is 5.02 Å². The number of hydrogen-bond donors (Lipinski definition) is 0. The minimum Gasteiger partial charge on any atom is -0.356 e. The molecule has 0 spiro atoms. The molecule has 1 aliphatic heterocycles. The molecule has 22 heavy (non-hydrogen) atoms. The van der Waals surface area contributed by atoms with Crippen molar-refractivity contribution in [3.8, 4) is 11.4 Å². The van der Waals surface area contributed by atoms with Crippen molar-refractivity contribution in [2.24, 2.45) is 0 Å². The first-order chi connectivity index (χ1) is 10.7. The summed E-state index contributed by atoms with van der Waals surface area (Å²) in [5.74, 6) is 4.05. The first-order valence-corrected chi connectivity index (χ1v) is 9.73. The van der Waals surface area contributed by atoms with E-state index in [1.807, 2.05) is 36.0 Å². The number of thioether (sulfide) groups is 2. The molecule has 1 aromatic heterocycles. The van der Waals surface area contributed by atoms with Crippen molar-refractivity contribution in [3.05, 3.63) is 35.2 Å². The van der Waals surface area contributed by atoms with Gasteiger partial charge >= 0.3 is 0 Å². The average molecular weight is 372 g/mol. The molecule has 0 bridgehead atoms. The van der Waals surface area contributed by atoms with Crippen molar-refractivity contribution in [2.45, 2.75) is 5.75 Å². The highest BCUT2D eigenvalue weighted by Crippen LogP contribution is 2.22. The Morgan fingerprint density at radius 2 is 2.05 bits per heavy atom. The van der Waals surface area contributed by atoms with Crippen molar-refractivity contribution in [2.75, 3.05) is 24.6 Å². The Hall–Kier alpha value is -0.760. The van der Waals surface area contributed by atoms with E-state index in [2.05, 4.69) is 15.0 Å². The Kier molecular flexibility index (Phi) is 5.62. The van der Waals surface area contributed by atoms with Crippen LogP contribution < -0.4 is 0 Å². The fourth-order valence-electron chi connectivity index (χ4n) is 1.99. The Bertz CT molecular complexity index is 641. The molecule has 1 aromatic carbocycles. The number of thiocarbonyl (C=S) groups is 1. The lowest BCUT2D eigenvalue weighted by Gasteiger charge is -2.27. The maximum absolute atomic E-state index is 5.87. The molecule has 0 radical (unpaired) electrons. The van der Waals surface area contributed by atoms with E-state index >= 15 is 0 Å². The molecule has 0 atom stereocenters. The van der Waals surface area contributed by atoms with E-state index < -0.39 is 0 Å². The molecule has 4 nitrogen and oxygen atoms in total. The van der Waals surface area contributed by atoms with Gasteiger partial charge in [-0.15, -0.1) is 0 Å². The SMILES string of the molecule is S=C(SCc1nc(-c2ccc(Cl)cc2)no1)N1CCSCC1. The zero-order chi connectivity index (χ0) is 15.4. The Morgan fingerprint density at radius 3 is 2.77 bits per heavy atom. The van der Waals surface area contributed by atoms with Crippen LogP contribution in [0.4, 0.5) is 0 Å². The second-order valence-corrected chi connectivity index (χ2v) is 7.94. The molecular weight excluding hydrogens is 358 g/mol. The molecule has 3 rings (SSSR count). The molecular formula is C14H14ClN3OS3. The summed E-state index contributed by atoms with van der Waals surface area (Å²) in [6.45, 7) is 2.05. The maximum Gasteiger partial charge on any atom is 0.237 e. The molecule has 0 N–H and O–H groups in total. The lowest BCUT2D eigenvalue weighted by Crippen LogP contribution is -2.35. The Morgan fingerprint density at radius 1 is 1.32 bits per heavy atom. The molecule has 8 heteroatoms. The lowest BCUT2D eigenvalue weighted by atomic mass is 10.2. The van der Waals surface area contributed by atoms with E-state index in [1.54, 1.807) is 11.8 Å². The molecule has 0 amide bonds. The monoisotopic (exact) mass is 371 g/mol. The zero-order valence-corrected chi connectivity index (χ0v) is 14.9. The number of aromatic nitrogens is 2. The van der Waals surface area contributed by atoms with E-state index in [0.29, 0.717) is 22.5 Å². The number of nitrogens with zero attached hydrogens (tertiary/aromatic N) is 3. The number of benzene rings is 1. The van der Waals surface area contributed by atoms with Crippen molar-refractivity contribution in [1.82, 2.24) is 15.0 Å². The normalized spacial score (nSPS) is 15.0. The summed E-state index contributed by atoms with van der Waals surface area (Å²) < 4.78 is 6.20. The second kappa shape index (κ2) is 7.68. The average Bonchev–Trinajstić information content (AvgIpc) is 3.03. The third kappa shape index (κ3) is 4.16.